The number of aryl methyl sites for hydroxylation is 2. The van der Waals surface area contributed by atoms with Crippen LogP contribution in [0.3, 0.4) is 0 Å². The van der Waals surface area contributed by atoms with Gasteiger partial charge in [0.1, 0.15) is 0 Å². The summed E-state index contributed by atoms with van der Waals surface area (Å²) in [6, 6.07) is 0. The molecule has 0 bridgehead atoms. The molecule has 0 aromatic carbocycles. The van der Waals surface area contributed by atoms with Crippen molar-refractivity contribution in [2.75, 3.05) is 11.9 Å². The van der Waals surface area contributed by atoms with Crippen LogP contribution < -0.4 is 5.32 Å². The minimum absolute atomic E-state index is 0.0472. The molecule has 2 aromatic rings. The number of aliphatic hydroxyl groups is 1. The first-order chi connectivity index (χ1) is 8.82. The molecule has 0 fully saturated rings. The summed E-state index contributed by atoms with van der Waals surface area (Å²) in [7, 11) is 0. The summed E-state index contributed by atoms with van der Waals surface area (Å²) in [6.07, 6.45) is 0. The fourth-order valence-electron chi connectivity index (χ4n) is 1.53. The van der Waals surface area contributed by atoms with Crippen molar-refractivity contribution < 1.29 is 5.11 Å². The summed E-state index contributed by atoms with van der Waals surface area (Å²) < 4.78 is 0. The second-order valence-corrected chi connectivity index (χ2v) is 5.41. The number of hydrogen-bond acceptors (Lipinski definition) is 6. The van der Waals surface area contributed by atoms with Crippen LogP contribution in [0, 0.1) is 13.8 Å². The minimum atomic E-state index is -0.537. The molecule has 0 unspecified atom stereocenters. The largest absolute Gasteiger partial charge is 0.394 e. The van der Waals surface area contributed by atoms with E-state index in [0.717, 1.165) is 11.4 Å². The molecule has 2 heterocycles. The molecule has 7 heteroatoms. The molecule has 0 aliphatic rings. The van der Waals surface area contributed by atoms with Crippen LogP contribution in [0.25, 0.3) is 11.2 Å². The van der Waals surface area contributed by atoms with Crippen LogP contribution in [0.5, 0.6) is 0 Å². The van der Waals surface area contributed by atoms with Crippen molar-refractivity contribution in [3.63, 3.8) is 0 Å². The highest BCUT2D eigenvalue weighted by atomic mass is 35.5. The van der Waals surface area contributed by atoms with Gasteiger partial charge in [-0.25, -0.2) is 9.97 Å². The normalized spacial score (nSPS) is 11.9. The number of nitrogens with zero attached hydrogens (tertiary/aromatic N) is 4. The highest BCUT2D eigenvalue weighted by molar-refractivity contribution is 6.28. The standard InChI is InChI=1S/C12H16ClN5O/c1-6-7(2)15-9-8(14-6)10(17-11(13)16-9)18-12(3,4)5-19/h19H,5H2,1-4H3,(H,15,16,17,18). The molecule has 0 aliphatic heterocycles. The number of halogens is 1. The van der Waals surface area contributed by atoms with Crippen molar-refractivity contribution in [2.24, 2.45) is 0 Å². The molecule has 0 radical (unpaired) electrons. The van der Waals surface area contributed by atoms with E-state index in [1.165, 1.54) is 0 Å². The van der Waals surface area contributed by atoms with Crippen LogP contribution >= 0.6 is 11.6 Å². The van der Waals surface area contributed by atoms with Crippen molar-refractivity contribution in [2.45, 2.75) is 33.2 Å². The number of rotatable bonds is 3. The third-order valence-corrected chi connectivity index (χ3v) is 2.94. The molecular weight excluding hydrogens is 266 g/mol. The summed E-state index contributed by atoms with van der Waals surface area (Å²) in [5.41, 5.74) is 2.07. The molecule has 0 atom stereocenters. The molecule has 0 aliphatic carbocycles. The van der Waals surface area contributed by atoms with E-state index in [4.69, 9.17) is 11.6 Å². The van der Waals surface area contributed by atoms with Gasteiger partial charge in [0, 0.05) is 0 Å². The highest BCUT2D eigenvalue weighted by Crippen LogP contribution is 2.23. The summed E-state index contributed by atoms with van der Waals surface area (Å²) in [5.74, 6) is 0.477. The van der Waals surface area contributed by atoms with E-state index in [0.29, 0.717) is 17.0 Å². The van der Waals surface area contributed by atoms with Crippen LogP contribution in [0.2, 0.25) is 5.28 Å². The molecule has 2 rings (SSSR count). The van der Waals surface area contributed by atoms with Crippen molar-refractivity contribution in [3.05, 3.63) is 16.7 Å². The summed E-state index contributed by atoms with van der Waals surface area (Å²) in [5, 5.41) is 12.5. The maximum atomic E-state index is 9.32. The van der Waals surface area contributed by atoms with E-state index in [2.05, 4.69) is 25.3 Å². The second-order valence-electron chi connectivity index (χ2n) is 5.07. The lowest BCUT2D eigenvalue weighted by Gasteiger charge is -2.24. The smallest absolute Gasteiger partial charge is 0.226 e. The lowest BCUT2D eigenvalue weighted by Crippen LogP contribution is -2.35. The monoisotopic (exact) mass is 281 g/mol. The number of aromatic nitrogens is 4. The van der Waals surface area contributed by atoms with Crippen molar-refractivity contribution in [1.82, 2.24) is 19.9 Å². The Labute approximate surface area is 116 Å². The zero-order valence-electron chi connectivity index (χ0n) is 11.3. The van der Waals surface area contributed by atoms with Gasteiger partial charge in [0.2, 0.25) is 5.28 Å². The van der Waals surface area contributed by atoms with E-state index < -0.39 is 5.54 Å². The topological polar surface area (TPSA) is 83.8 Å². The molecule has 6 nitrogen and oxygen atoms in total. The van der Waals surface area contributed by atoms with Crippen LogP contribution in [-0.4, -0.2) is 37.2 Å². The van der Waals surface area contributed by atoms with Crippen LogP contribution in [0.1, 0.15) is 25.2 Å². The maximum absolute atomic E-state index is 9.32. The van der Waals surface area contributed by atoms with E-state index in [9.17, 15) is 5.11 Å². The van der Waals surface area contributed by atoms with E-state index in [-0.39, 0.29) is 11.9 Å². The van der Waals surface area contributed by atoms with Crippen LogP contribution in [0.15, 0.2) is 0 Å². The fourth-order valence-corrected chi connectivity index (χ4v) is 1.70. The number of nitrogens with one attached hydrogen (secondary N) is 1. The predicted molar refractivity (Wildman–Crippen MR) is 74.4 cm³/mol. The Morgan fingerprint density at radius 3 is 2.37 bits per heavy atom. The second kappa shape index (κ2) is 4.86. The Hall–Kier alpha value is -1.53. The molecule has 19 heavy (non-hydrogen) atoms. The SMILES string of the molecule is Cc1nc2nc(Cl)nc(NC(C)(C)CO)c2nc1C. The Morgan fingerprint density at radius 2 is 1.74 bits per heavy atom. The van der Waals surface area contributed by atoms with Gasteiger partial charge in [-0.1, -0.05) is 0 Å². The van der Waals surface area contributed by atoms with Crippen molar-refractivity contribution >= 4 is 28.6 Å². The molecular formula is C12H16ClN5O. The fraction of sp³-hybridized carbons (Fsp3) is 0.500. The number of fused-ring (bicyclic) bond motifs is 1. The third-order valence-electron chi connectivity index (χ3n) is 2.77. The average molecular weight is 282 g/mol. The summed E-state index contributed by atoms with van der Waals surface area (Å²) in [4.78, 5) is 17.0. The Balaban J connectivity index is 2.62. The van der Waals surface area contributed by atoms with Gasteiger partial charge in [0.25, 0.3) is 0 Å². The van der Waals surface area contributed by atoms with E-state index in [1.54, 1.807) is 0 Å². The molecule has 0 amide bonds. The van der Waals surface area contributed by atoms with Crippen LogP contribution in [0.4, 0.5) is 5.82 Å². The molecule has 0 spiro atoms. The average Bonchev–Trinajstić information content (AvgIpc) is 2.31. The van der Waals surface area contributed by atoms with Gasteiger partial charge in [-0.05, 0) is 39.3 Å². The zero-order valence-corrected chi connectivity index (χ0v) is 12.1. The first-order valence-corrected chi connectivity index (χ1v) is 6.28. The zero-order chi connectivity index (χ0) is 14.2. The highest BCUT2D eigenvalue weighted by Gasteiger charge is 2.20. The van der Waals surface area contributed by atoms with Gasteiger partial charge in [-0.15, -0.1) is 0 Å². The molecule has 102 valence electrons. The summed E-state index contributed by atoms with van der Waals surface area (Å²) in [6.45, 7) is 7.39. The molecule has 2 N–H and O–H groups in total. The quantitative estimate of drug-likeness (QED) is 0.836. The van der Waals surface area contributed by atoms with E-state index >= 15 is 0 Å². The summed E-state index contributed by atoms with van der Waals surface area (Å²) >= 11 is 5.90. The molecule has 0 saturated heterocycles. The third kappa shape index (κ3) is 2.90. The molecule has 0 saturated carbocycles. The van der Waals surface area contributed by atoms with Gasteiger partial charge in [0.05, 0.1) is 23.5 Å². The van der Waals surface area contributed by atoms with Gasteiger partial charge < -0.3 is 10.4 Å². The number of aliphatic hydroxyl groups excluding tert-OH is 1. The maximum Gasteiger partial charge on any atom is 0.226 e. The Bertz CT molecular complexity index is 629. The first kappa shape index (κ1) is 13.9. The van der Waals surface area contributed by atoms with E-state index in [1.807, 2.05) is 27.7 Å². The van der Waals surface area contributed by atoms with Crippen molar-refractivity contribution in [3.8, 4) is 0 Å². The van der Waals surface area contributed by atoms with Gasteiger partial charge in [-0.2, -0.15) is 9.97 Å². The van der Waals surface area contributed by atoms with Gasteiger partial charge >= 0.3 is 0 Å². The van der Waals surface area contributed by atoms with Crippen molar-refractivity contribution in [1.29, 1.82) is 0 Å². The number of hydrogen-bond donors (Lipinski definition) is 2. The lowest BCUT2D eigenvalue weighted by molar-refractivity contribution is 0.234. The Kier molecular flexibility index (Phi) is 3.56. The lowest BCUT2D eigenvalue weighted by atomic mass is 10.1. The predicted octanol–water partition coefficient (Wildman–Crippen LogP) is 1.87. The van der Waals surface area contributed by atoms with Gasteiger partial charge in [-0.3, -0.25) is 0 Å². The minimum Gasteiger partial charge on any atom is -0.394 e. The first-order valence-electron chi connectivity index (χ1n) is 5.90. The van der Waals surface area contributed by atoms with Gasteiger partial charge in [0.15, 0.2) is 17.0 Å². The Morgan fingerprint density at radius 1 is 1.11 bits per heavy atom. The van der Waals surface area contributed by atoms with Crippen LogP contribution in [-0.2, 0) is 0 Å². The number of anilines is 1. The molecule has 2 aromatic heterocycles.